The number of amidine groups is 1. The summed E-state index contributed by atoms with van der Waals surface area (Å²) in [6.07, 6.45) is 1.56. The van der Waals surface area contributed by atoms with Crippen molar-refractivity contribution in [1.29, 1.82) is 0 Å². The van der Waals surface area contributed by atoms with E-state index in [1.807, 2.05) is 18.2 Å². The summed E-state index contributed by atoms with van der Waals surface area (Å²) in [5, 5.41) is 22.3. The van der Waals surface area contributed by atoms with Gasteiger partial charge in [0.15, 0.2) is 5.17 Å². The number of hydrogen-bond acceptors (Lipinski definition) is 6. The topological polar surface area (TPSA) is 103 Å². The Hall–Kier alpha value is -3.13. The summed E-state index contributed by atoms with van der Waals surface area (Å²) in [7, 11) is 0. The quantitative estimate of drug-likeness (QED) is 0.557. The minimum atomic E-state index is -0.540. The Morgan fingerprint density at radius 1 is 1.19 bits per heavy atom. The Bertz CT molecular complexity index is 850. The fraction of sp³-hybridized carbons (Fsp3) is 0.111. The van der Waals surface area contributed by atoms with Gasteiger partial charge in [0.2, 0.25) is 11.8 Å². The lowest BCUT2D eigenvalue weighted by Gasteiger charge is -2.06. The molecule has 7 nitrogen and oxygen atoms in total. The molecule has 1 unspecified atom stereocenters. The maximum Gasteiger partial charge on any atom is 0.240 e. The number of carbonyl (C=O) groups is 2. The highest BCUT2D eigenvalue weighted by Gasteiger charge is 2.32. The SMILES string of the molecule is O=C(CC1S/C(=N\N=C\c2ccc(O)cc2)NC1=O)Nc1ccccc1. The zero-order valence-corrected chi connectivity index (χ0v) is 14.4. The first-order valence-electron chi connectivity index (χ1n) is 7.82. The lowest BCUT2D eigenvalue weighted by molar-refractivity contribution is -0.122. The number of thioether (sulfide) groups is 1. The van der Waals surface area contributed by atoms with E-state index in [9.17, 15) is 14.7 Å². The number of para-hydroxylation sites is 1. The summed E-state index contributed by atoms with van der Waals surface area (Å²) in [6, 6.07) is 15.5. The van der Waals surface area contributed by atoms with Gasteiger partial charge >= 0.3 is 0 Å². The molecule has 0 saturated carbocycles. The van der Waals surface area contributed by atoms with Crippen LogP contribution >= 0.6 is 11.8 Å². The summed E-state index contributed by atoms with van der Waals surface area (Å²) in [6.45, 7) is 0. The third-order valence-electron chi connectivity index (χ3n) is 3.45. The van der Waals surface area contributed by atoms with E-state index in [-0.39, 0.29) is 24.0 Å². The Balaban J connectivity index is 1.54. The molecule has 3 rings (SSSR count). The molecule has 0 bridgehead atoms. The predicted octanol–water partition coefficient (Wildman–Crippen LogP) is 2.34. The van der Waals surface area contributed by atoms with Crippen LogP contribution in [0.25, 0.3) is 0 Å². The molecule has 132 valence electrons. The van der Waals surface area contributed by atoms with Gasteiger partial charge in [0.05, 0.1) is 6.21 Å². The zero-order valence-electron chi connectivity index (χ0n) is 13.6. The number of aromatic hydroxyl groups is 1. The molecule has 8 heteroatoms. The molecule has 1 atom stereocenters. The van der Waals surface area contributed by atoms with Crippen LogP contribution < -0.4 is 10.6 Å². The maximum atomic E-state index is 12.1. The number of hydrogen-bond donors (Lipinski definition) is 3. The van der Waals surface area contributed by atoms with Gasteiger partial charge in [0.1, 0.15) is 11.0 Å². The van der Waals surface area contributed by atoms with E-state index in [0.29, 0.717) is 10.9 Å². The largest absolute Gasteiger partial charge is 0.508 e. The lowest BCUT2D eigenvalue weighted by atomic mass is 10.2. The summed E-state index contributed by atoms with van der Waals surface area (Å²) in [5.74, 6) is -0.335. The molecule has 2 aromatic rings. The molecular weight excluding hydrogens is 352 g/mol. The van der Waals surface area contributed by atoms with Crippen LogP contribution in [0, 0.1) is 0 Å². The van der Waals surface area contributed by atoms with E-state index < -0.39 is 5.25 Å². The van der Waals surface area contributed by atoms with Crippen molar-refractivity contribution in [1.82, 2.24) is 5.32 Å². The van der Waals surface area contributed by atoms with Gasteiger partial charge in [-0.05, 0) is 42.0 Å². The highest BCUT2D eigenvalue weighted by Crippen LogP contribution is 2.23. The van der Waals surface area contributed by atoms with Crippen LogP contribution in [0.3, 0.4) is 0 Å². The number of rotatable bonds is 5. The predicted molar refractivity (Wildman–Crippen MR) is 102 cm³/mol. The third-order valence-corrected chi connectivity index (χ3v) is 4.53. The van der Waals surface area contributed by atoms with Crippen LogP contribution in [0.4, 0.5) is 5.69 Å². The zero-order chi connectivity index (χ0) is 18.4. The number of phenols is 1. The van der Waals surface area contributed by atoms with Crippen molar-refractivity contribution in [3.63, 3.8) is 0 Å². The molecule has 26 heavy (non-hydrogen) atoms. The summed E-state index contributed by atoms with van der Waals surface area (Å²) in [4.78, 5) is 24.0. The first kappa shape index (κ1) is 17.7. The Labute approximate surface area is 154 Å². The fourth-order valence-corrected chi connectivity index (χ4v) is 3.12. The van der Waals surface area contributed by atoms with Gasteiger partial charge in [0, 0.05) is 12.1 Å². The van der Waals surface area contributed by atoms with Crippen molar-refractivity contribution < 1.29 is 14.7 Å². The van der Waals surface area contributed by atoms with Gasteiger partial charge in [-0.25, -0.2) is 0 Å². The molecule has 1 heterocycles. The molecule has 1 fully saturated rings. The van der Waals surface area contributed by atoms with Crippen molar-refractivity contribution in [2.24, 2.45) is 10.2 Å². The second-order valence-electron chi connectivity index (χ2n) is 5.46. The third kappa shape index (κ3) is 4.93. The smallest absolute Gasteiger partial charge is 0.240 e. The lowest BCUT2D eigenvalue weighted by Crippen LogP contribution is -2.28. The Morgan fingerprint density at radius 3 is 2.65 bits per heavy atom. The van der Waals surface area contributed by atoms with E-state index in [0.717, 1.165) is 5.56 Å². The van der Waals surface area contributed by atoms with Gasteiger partial charge in [-0.15, -0.1) is 5.10 Å². The van der Waals surface area contributed by atoms with Gasteiger partial charge in [-0.3, -0.25) is 9.59 Å². The number of carbonyl (C=O) groups excluding carboxylic acids is 2. The van der Waals surface area contributed by atoms with Crippen molar-refractivity contribution in [3.8, 4) is 5.75 Å². The highest BCUT2D eigenvalue weighted by atomic mass is 32.2. The minimum absolute atomic E-state index is 0.0477. The van der Waals surface area contributed by atoms with Crippen molar-refractivity contribution in [3.05, 3.63) is 60.2 Å². The van der Waals surface area contributed by atoms with Gasteiger partial charge in [-0.2, -0.15) is 5.10 Å². The number of nitrogens with zero attached hydrogens (tertiary/aromatic N) is 2. The molecule has 1 aliphatic rings. The number of nitrogens with one attached hydrogen (secondary N) is 2. The second kappa shape index (κ2) is 8.30. The summed E-state index contributed by atoms with van der Waals surface area (Å²) in [5.41, 5.74) is 1.45. The molecule has 0 aromatic heterocycles. The average Bonchev–Trinajstić information content (AvgIpc) is 2.97. The van der Waals surface area contributed by atoms with Crippen LogP contribution in [0.15, 0.2) is 64.8 Å². The van der Waals surface area contributed by atoms with Crippen molar-refractivity contribution in [2.45, 2.75) is 11.7 Å². The van der Waals surface area contributed by atoms with Crippen LogP contribution in [-0.2, 0) is 9.59 Å². The van der Waals surface area contributed by atoms with Crippen LogP contribution in [-0.4, -0.2) is 33.6 Å². The van der Waals surface area contributed by atoms with Crippen molar-refractivity contribution >= 4 is 40.6 Å². The average molecular weight is 368 g/mol. The summed E-state index contributed by atoms with van der Waals surface area (Å²) < 4.78 is 0. The van der Waals surface area contributed by atoms with E-state index in [2.05, 4.69) is 20.8 Å². The molecule has 1 saturated heterocycles. The molecule has 0 spiro atoms. The molecule has 2 aromatic carbocycles. The number of amides is 2. The minimum Gasteiger partial charge on any atom is -0.508 e. The number of phenolic OH excluding ortho intramolecular Hbond substituents is 1. The van der Waals surface area contributed by atoms with Crippen LogP contribution in [0.1, 0.15) is 12.0 Å². The first-order chi connectivity index (χ1) is 12.6. The van der Waals surface area contributed by atoms with Gasteiger partial charge in [-0.1, -0.05) is 30.0 Å². The Morgan fingerprint density at radius 2 is 1.92 bits per heavy atom. The van der Waals surface area contributed by atoms with E-state index in [4.69, 9.17) is 0 Å². The van der Waals surface area contributed by atoms with Crippen LogP contribution in [0.2, 0.25) is 0 Å². The monoisotopic (exact) mass is 368 g/mol. The van der Waals surface area contributed by atoms with E-state index in [1.54, 1.807) is 36.4 Å². The highest BCUT2D eigenvalue weighted by molar-refractivity contribution is 8.15. The van der Waals surface area contributed by atoms with Crippen molar-refractivity contribution in [2.75, 3.05) is 5.32 Å². The molecule has 0 radical (unpaired) electrons. The normalized spacial score (nSPS) is 18.2. The molecular formula is C18H16N4O3S. The Kier molecular flexibility index (Phi) is 5.65. The van der Waals surface area contributed by atoms with Crippen LogP contribution in [0.5, 0.6) is 5.75 Å². The molecule has 3 N–H and O–H groups in total. The standard InChI is InChI=1S/C18H16N4O3S/c23-14-8-6-12(7-9-14)11-19-22-18-21-17(25)15(26-18)10-16(24)20-13-4-2-1-3-5-13/h1-9,11,15,23H,10H2,(H,20,24)(H,21,22,25)/b19-11+. The fourth-order valence-electron chi connectivity index (χ4n) is 2.20. The number of benzene rings is 2. The van der Waals surface area contributed by atoms with Gasteiger partial charge in [0.25, 0.3) is 0 Å². The first-order valence-corrected chi connectivity index (χ1v) is 8.70. The second-order valence-corrected chi connectivity index (χ2v) is 6.65. The van der Waals surface area contributed by atoms with E-state index >= 15 is 0 Å². The van der Waals surface area contributed by atoms with Gasteiger partial charge < -0.3 is 15.7 Å². The molecule has 1 aliphatic heterocycles. The number of anilines is 1. The summed E-state index contributed by atoms with van der Waals surface area (Å²) >= 11 is 1.17. The maximum absolute atomic E-state index is 12.1. The molecule has 0 aliphatic carbocycles. The van der Waals surface area contributed by atoms with E-state index in [1.165, 1.54) is 18.0 Å². The molecule has 2 amide bonds.